The number of hydrogen-bond acceptors (Lipinski definition) is 5. The summed E-state index contributed by atoms with van der Waals surface area (Å²) in [4.78, 5) is 28.4. The number of sulfonamides is 1. The number of carbonyl (C=O) groups excluding carboxylic acids is 2. The summed E-state index contributed by atoms with van der Waals surface area (Å²) in [7, 11) is -2.68. The van der Waals surface area contributed by atoms with Crippen LogP contribution in [-0.2, 0) is 26.2 Å². The number of benzene rings is 4. The van der Waals surface area contributed by atoms with Crippen LogP contribution in [0.4, 0.5) is 5.69 Å². The molecule has 0 fully saturated rings. The summed E-state index contributed by atoms with van der Waals surface area (Å²) in [5.74, 6) is 0.252. The van der Waals surface area contributed by atoms with Gasteiger partial charge in [-0.2, -0.15) is 0 Å². The fourth-order valence-electron chi connectivity index (χ4n) is 4.54. The van der Waals surface area contributed by atoms with Gasteiger partial charge in [0.25, 0.3) is 10.0 Å². The number of amides is 2. The summed E-state index contributed by atoms with van der Waals surface area (Å²) in [6.45, 7) is 3.22. The van der Waals surface area contributed by atoms with E-state index in [1.165, 1.54) is 24.1 Å². The van der Waals surface area contributed by atoms with Crippen LogP contribution in [-0.4, -0.2) is 44.8 Å². The van der Waals surface area contributed by atoms with Gasteiger partial charge in [0.05, 0.1) is 10.6 Å². The van der Waals surface area contributed by atoms with E-state index in [4.69, 9.17) is 16.3 Å². The van der Waals surface area contributed by atoms with Crippen LogP contribution in [0.3, 0.4) is 0 Å². The maximum absolute atomic E-state index is 14.0. The second-order valence-corrected chi connectivity index (χ2v) is 12.2. The van der Waals surface area contributed by atoms with Crippen molar-refractivity contribution in [3.63, 3.8) is 0 Å². The van der Waals surface area contributed by atoms with Crippen LogP contribution >= 0.6 is 11.6 Å². The fourth-order valence-corrected chi connectivity index (χ4v) is 6.08. The Balaban J connectivity index is 1.72. The Morgan fingerprint density at radius 1 is 0.860 bits per heavy atom. The molecule has 1 atom stereocenters. The van der Waals surface area contributed by atoms with Gasteiger partial charge in [-0.05, 0) is 79.6 Å². The molecule has 43 heavy (non-hydrogen) atoms. The predicted octanol–water partition coefficient (Wildman–Crippen LogP) is 6.19. The van der Waals surface area contributed by atoms with Gasteiger partial charge < -0.3 is 15.0 Å². The van der Waals surface area contributed by atoms with Gasteiger partial charge in [-0.1, -0.05) is 66.6 Å². The third-order valence-electron chi connectivity index (χ3n) is 6.89. The Hall–Kier alpha value is -4.34. The van der Waals surface area contributed by atoms with E-state index in [9.17, 15) is 18.0 Å². The molecule has 0 saturated heterocycles. The summed E-state index contributed by atoms with van der Waals surface area (Å²) in [5.41, 5.74) is 1.92. The van der Waals surface area contributed by atoms with Crippen molar-refractivity contribution < 1.29 is 22.7 Å². The van der Waals surface area contributed by atoms with E-state index >= 15 is 0 Å². The molecule has 0 heterocycles. The molecule has 0 unspecified atom stereocenters. The van der Waals surface area contributed by atoms with E-state index in [0.29, 0.717) is 22.9 Å². The second-order valence-electron chi connectivity index (χ2n) is 9.92. The minimum absolute atomic E-state index is 0.0399. The molecule has 224 valence electrons. The fraction of sp³-hybridized carbons (Fsp3) is 0.212. The molecule has 4 rings (SSSR count). The van der Waals surface area contributed by atoms with Crippen LogP contribution in [0.25, 0.3) is 0 Å². The van der Waals surface area contributed by atoms with Crippen molar-refractivity contribution in [3.05, 3.63) is 119 Å². The van der Waals surface area contributed by atoms with Crippen molar-refractivity contribution in [2.75, 3.05) is 17.9 Å². The Kier molecular flexibility index (Phi) is 10.4. The first-order valence-electron chi connectivity index (χ1n) is 13.8. The standard InChI is InChI=1S/C33H34ClN3O5S/c1-4-31(33(39)35-3)36(22-25-12-14-26(34)15-13-25)32(38)23-37(43(40,41)30-20-10-24(2)11-21-30)27-16-18-29(19-17-27)42-28-8-6-5-7-9-28/h5-21,31H,4,22-23H2,1-3H3,(H,35,39)/t31-/m0/s1. The van der Waals surface area contributed by atoms with Gasteiger partial charge in [0.15, 0.2) is 0 Å². The molecule has 0 aromatic heterocycles. The van der Waals surface area contributed by atoms with Crippen LogP contribution in [0.2, 0.25) is 5.02 Å². The number of hydrogen-bond donors (Lipinski definition) is 1. The number of aryl methyl sites for hydroxylation is 1. The Labute approximate surface area is 257 Å². The first-order valence-corrected chi connectivity index (χ1v) is 15.6. The molecule has 0 aliphatic carbocycles. The molecule has 1 N–H and O–H groups in total. The highest BCUT2D eigenvalue weighted by Crippen LogP contribution is 2.29. The molecule has 2 amide bonds. The quantitative estimate of drug-likeness (QED) is 0.204. The zero-order valence-electron chi connectivity index (χ0n) is 24.2. The Morgan fingerprint density at radius 2 is 1.47 bits per heavy atom. The predicted molar refractivity (Wildman–Crippen MR) is 169 cm³/mol. The number of anilines is 1. The number of likely N-dealkylation sites (N-methyl/N-ethyl adjacent to an activating group) is 1. The van der Waals surface area contributed by atoms with Gasteiger partial charge in [-0.3, -0.25) is 13.9 Å². The van der Waals surface area contributed by atoms with E-state index < -0.39 is 28.5 Å². The van der Waals surface area contributed by atoms with Gasteiger partial charge >= 0.3 is 0 Å². The van der Waals surface area contributed by atoms with Gasteiger partial charge in [-0.15, -0.1) is 0 Å². The molecule has 0 aliphatic rings. The van der Waals surface area contributed by atoms with E-state index in [1.807, 2.05) is 37.3 Å². The lowest BCUT2D eigenvalue weighted by Crippen LogP contribution is -2.51. The molecule has 0 radical (unpaired) electrons. The van der Waals surface area contributed by atoms with E-state index in [2.05, 4.69) is 5.32 Å². The van der Waals surface area contributed by atoms with Gasteiger partial charge in [0.2, 0.25) is 11.8 Å². The Morgan fingerprint density at radius 3 is 2.05 bits per heavy atom. The van der Waals surface area contributed by atoms with Crippen molar-refractivity contribution in [2.45, 2.75) is 37.8 Å². The minimum atomic E-state index is -4.18. The molecule has 8 nitrogen and oxygen atoms in total. The number of nitrogens with one attached hydrogen (secondary N) is 1. The van der Waals surface area contributed by atoms with Gasteiger partial charge in [0, 0.05) is 18.6 Å². The third-order valence-corrected chi connectivity index (χ3v) is 8.93. The number of para-hydroxylation sites is 1. The largest absolute Gasteiger partial charge is 0.457 e. The van der Waals surface area contributed by atoms with Crippen LogP contribution in [0, 0.1) is 6.92 Å². The lowest BCUT2D eigenvalue weighted by Gasteiger charge is -2.33. The van der Waals surface area contributed by atoms with Crippen molar-refractivity contribution >= 4 is 39.1 Å². The van der Waals surface area contributed by atoms with Crippen LogP contribution in [0.1, 0.15) is 24.5 Å². The van der Waals surface area contributed by atoms with Crippen LogP contribution in [0.5, 0.6) is 11.5 Å². The zero-order chi connectivity index (χ0) is 31.0. The molecule has 4 aromatic rings. The molecule has 10 heteroatoms. The first-order chi connectivity index (χ1) is 20.6. The zero-order valence-corrected chi connectivity index (χ0v) is 25.8. The number of halogens is 1. The molecular weight excluding hydrogens is 586 g/mol. The summed E-state index contributed by atoms with van der Waals surface area (Å²) in [6.07, 6.45) is 0.329. The summed E-state index contributed by atoms with van der Waals surface area (Å²) in [5, 5.41) is 3.16. The topological polar surface area (TPSA) is 96.0 Å². The maximum Gasteiger partial charge on any atom is 0.264 e. The molecular formula is C33H34ClN3O5S. The molecule has 0 spiro atoms. The lowest BCUT2D eigenvalue weighted by molar-refractivity contribution is -0.140. The SMILES string of the molecule is CC[C@@H](C(=O)NC)N(Cc1ccc(Cl)cc1)C(=O)CN(c1ccc(Oc2ccccc2)cc1)S(=O)(=O)c1ccc(C)cc1. The maximum atomic E-state index is 14.0. The number of nitrogens with zero attached hydrogens (tertiary/aromatic N) is 2. The number of ether oxygens (including phenoxy) is 1. The van der Waals surface area contributed by atoms with Crippen molar-refractivity contribution in [2.24, 2.45) is 0 Å². The molecule has 4 aromatic carbocycles. The summed E-state index contributed by atoms with van der Waals surface area (Å²) in [6, 6.07) is 28.2. The second kappa shape index (κ2) is 14.2. The monoisotopic (exact) mass is 619 g/mol. The Bertz CT molecular complexity index is 1630. The highest BCUT2D eigenvalue weighted by molar-refractivity contribution is 7.92. The van der Waals surface area contributed by atoms with Crippen molar-refractivity contribution in [1.29, 1.82) is 0 Å². The van der Waals surface area contributed by atoms with E-state index in [1.54, 1.807) is 67.6 Å². The van der Waals surface area contributed by atoms with Crippen molar-refractivity contribution in [1.82, 2.24) is 10.2 Å². The smallest absolute Gasteiger partial charge is 0.264 e. The molecule has 0 aliphatic heterocycles. The minimum Gasteiger partial charge on any atom is -0.457 e. The van der Waals surface area contributed by atoms with E-state index in [0.717, 1.165) is 15.4 Å². The average molecular weight is 620 g/mol. The van der Waals surface area contributed by atoms with Gasteiger partial charge in [0.1, 0.15) is 24.1 Å². The summed E-state index contributed by atoms with van der Waals surface area (Å²) < 4.78 is 35.0. The lowest BCUT2D eigenvalue weighted by atomic mass is 10.1. The first kappa shape index (κ1) is 31.6. The van der Waals surface area contributed by atoms with Crippen LogP contribution < -0.4 is 14.4 Å². The van der Waals surface area contributed by atoms with E-state index in [-0.39, 0.29) is 23.0 Å². The van der Waals surface area contributed by atoms with Crippen LogP contribution in [0.15, 0.2) is 108 Å². The average Bonchev–Trinajstić information content (AvgIpc) is 3.01. The number of carbonyl (C=O) groups is 2. The number of rotatable bonds is 12. The third kappa shape index (κ3) is 7.94. The molecule has 0 saturated carbocycles. The van der Waals surface area contributed by atoms with Crippen molar-refractivity contribution in [3.8, 4) is 11.5 Å². The summed E-state index contributed by atoms with van der Waals surface area (Å²) >= 11 is 6.06. The molecule has 0 bridgehead atoms. The highest BCUT2D eigenvalue weighted by atomic mass is 35.5. The highest BCUT2D eigenvalue weighted by Gasteiger charge is 2.33. The van der Waals surface area contributed by atoms with Gasteiger partial charge in [-0.25, -0.2) is 8.42 Å². The normalized spacial score (nSPS) is 11.8.